The topological polar surface area (TPSA) is 77.5 Å². The summed E-state index contributed by atoms with van der Waals surface area (Å²) < 4.78 is 11.1. The summed E-state index contributed by atoms with van der Waals surface area (Å²) in [6.07, 6.45) is 0.764. The van der Waals surface area contributed by atoms with Crippen LogP contribution in [0, 0.1) is 5.92 Å². The number of carbonyl (C=O) groups is 1. The van der Waals surface area contributed by atoms with Crippen molar-refractivity contribution < 1.29 is 13.9 Å². The summed E-state index contributed by atoms with van der Waals surface area (Å²) in [7, 11) is 0. The fourth-order valence-corrected chi connectivity index (χ4v) is 2.33. The zero-order chi connectivity index (χ0) is 15.6. The summed E-state index contributed by atoms with van der Waals surface area (Å²) >= 11 is 0. The molecule has 1 aromatic rings. The van der Waals surface area contributed by atoms with Gasteiger partial charge in [-0.25, -0.2) is 4.79 Å². The fourth-order valence-electron chi connectivity index (χ4n) is 2.33. The minimum atomic E-state index is -0.498. The highest BCUT2D eigenvalue weighted by atomic mass is 16.6. The third-order valence-corrected chi connectivity index (χ3v) is 3.70. The third kappa shape index (κ3) is 4.49. The molecule has 1 aliphatic carbocycles. The Morgan fingerprint density at radius 1 is 1.52 bits per heavy atom. The standard InChI is InChI=1S/C16H26N2O3/c1-10-7-12(10)14-6-5-13(20-14)11(8-17)9-18-15(19)21-16(2,3)4/h5-6,10-12H,7-9,17H2,1-4H3,(H,18,19). The normalized spacial score (nSPS) is 22.7. The van der Waals surface area contributed by atoms with Crippen molar-refractivity contribution in [1.82, 2.24) is 5.32 Å². The van der Waals surface area contributed by atoms with Gasteiger partial charge in [-0.1, -0.05) is 6.92 Å². The van der Waals surface area contributed by atoms with E-state index in [1.54, 1.807) is 0 Å². The van der Waals surface area contributed by atoms with Crippen molar-refractivity contribution in [3.8, 4) is 0 Å². The molecule has 1 aliphatic rings. The van der Waals surface area contributed by atoms with Crippen LogP contribution < -0.4 is 11.1 Å². The minimum Gasteiger partial charge on any atom is -0.465 e. The molecule has 1 saturated carbocycles. The Balaban J connectivity index is 1.88. The third-order valence-electron chi connectivity index (χ3n) is 3.70. The molecule has 1 fully saturated rings. The highest BCUT2D eigenvalue weighted by Crippen LogP contribution is 2.47. The Morgan fingerprint density at radius 2 is 2.19 bits per heavy atom. The lowest BCUT2D eigenvalue weighted by Gasteiger charge is -2.21. The Hall–Kier alpha value is -1.49. The van der Waals surface area contributed by atoms with Crippen LogP contribution in [0.5, 0.6) is 0 Å². The van der Waals surface area contributed by atoms with Crippen molar-refractivity contribution in [2.24, 2.45) is 11.7 Å². The molecule has 0 spiro atoms. The molecule has 2 rings (SSSR count). The predicted octanol–water partition coefficient (Wildman–Crippen LogP) is 2.97. The number of carbonyl (C=O) groups excluding carboxylic acids is 1. The first kappa shape index (κ1) is 15.9. The van der Waals surface area contributed by atoms with E-state index in [4.69, 9.17) is 14.9 Å². The summed E-state index contributed by atoms with van der Waals surface area (Å²) in [4.78, 5) is 11.7. The first-order valence-corrected chi connectivity index (χ1v) is 7.56. The van der Waals surface area contributed by atoms with Crippen LogP contribution in [0.4, 0.5) is 4.79 Å². The molecule has 0 radical (unpaired) electrons. The van der Waals surface area contributed by atoms with Crippen molar-refractivity contribution >= 4 is 6.09 Å². The van der Waals surface area contributed by atoms with E-state index >= 15 is 0 Å². The van der Waals surface area contributed by atoms with E-state index in [1.807, 2.05) is 32.9 Å². The Kier molecular flexibility index (Phi) is 4.61. The van der Waals surface area contributed by atoms with E-state index in [0.717, 1.165) is 11.5 Å². The number of hydrogen-bond donors (Lipinski definition) is 2. The number of amides is 1. The lowest BCUT2D eigenvalue weighted by molar-refractivity contribution is 0.0524. The van der Waals surface area contributed by atoms with Crippen LogP contribution >= 0.6 is 0 Å². The molecule has 3 N–H and O–H groups in total. The molecular formula is C16H26N2O3. The molecule has 0 bridgehead atoms. The van der Waals surface area contributed by atoms with Crippen molar-refractivity contribution in [1.29, 1.82) is 0 Å². The molecule has 3 atom stereocenters. The van der Waals surface area contributed by atoms with Gasteiger partial charge in [0, 0.05) is 24.9 Å². The van der Waals surface area contributed by atoms with Gasteiger partial charge in [-0.15, -0.1) is 0 Å². The van der Waals surface area contributed by atoms with Crippen molar-refractivity contribution in [3.63, 3.8) is 0 Å². The number of rotatable bonds is 5. The van der Waals surface area contributed by atoms with Gasteiger partial charge >= 0.3 is 6.09 Å². The summed E-state index contributed by atoms with van der Waals surface area (Å²) in [5.74, 6) is 3.10. The highest BCUT2D eigenvalue weighted by molar-refractivity contribution is 5.67. The molecule has 21 heavy (non-hydrogen) atoms. The van der Waals surface area contributed by atoms with Gasteiger partial charge in [0.1, 0.15) is 17.1 Å². The largest absolute Gasteiger partial charge is 0.465 e. The molecule has 0 aromatic carbocycles. The molecule has 5 nitrogen and oxygen atoms in total. The minimum absolute atomic E-state index is 0.0275. The van der Waals surface area contributed by atoms with Crippen LogP contribution in [0.3, 0.4) is 0 Å². The molecule has 1 aromatic heterocycles. The molecular weight excluding hydrogens is 268 g/mol. The number of nitrogens with two attached hydrogens (primary N) is 1. The quantitative estimate of drug-likeness (QED) is 0.875. The van der Waals surface area contributed by atoms with Gasteiger partial charge in [0.2, 0.25) is 0 Å². The van der Waals surface area contributed by atoms with Gasteiger partial charge in [0.15, 0.2) is 0 Å². The second kappa shape index (κ2) is 6.10. The second-order valence-corrected chi connectivity index (χ2v) is 6.88. The average molecular weight is 294 g/mol. The number of furan rings is 1. The smallest absolute Gasteiger partial charge is 0.407 e. The van der Waals surface area contributed by atoms with E-state index in [9.17, 15) is 4.79 Å². The first-order valence-electron chi connectivity index (χ1n) is 7.56. The average Bonchev–Trinajstić information content (AvgIpc) is 2.90. The Labute approximate surface area is 126 Å². The zero-order valence-corrected chi connectivity index (χ0v) is 13.3. The van der Waals surface area contributed by atoms with Crippen LogP contribution in [-0.2, 0) is 4.74 Å². The van der Waals surface area contributed by atoms with Crippen LogP contribution in [-0.4, -0.2) is 24.8 Å². The lowest BCUT2D eigenvalue weighted by Crippen LogP contribution is -2.36. The van der Waals surface area contributed by atoms with E-state index in [-0.39, 0.29) is 5.92 Å². The molecule has 1 heterocycles. The number of ether oxygens (including phenoxy) is 1. The van der Waals surface area contributed by atoms with Crippen LogP contribution in [0.25, 0.3) is 0 Å². The number of nitrogens with one attached hydrogen (secondary N) is 1. The van der Waals surface area contributed by atoms with E-state index in [1.165, 1.54) is 6.42 Å². The summed E-state index contributed by atoms with van der Waals surface area (Å²) in [6.45, 7) is 8.56. The molecule has 3 unspecified atom stereocenters. The molecule has 1 amide bonds. The van der Waals surface area contributed by atoms with Gasteiger partial charge in [0.25, 0.3) is 0 Å². The van der Waals surface area contributed by atoms with E-state index in [0.29, 0.717) is 24.9 Å². The van der Waals surface area contributed by atoms with Crippen molar-refractivity contribution in [2.75, 3.05) is 13.1 Å². The highest BCUT2D eigenvalue weighted by Gasteiger charge is 2.37. The lowest BCUT2D eigenvalue weighted by atomic mass is 10.1. The van der Waals surface area contributed by atoms with Crippen LogP contribution in [0.15, 0.2) is 16.5 Å². The Bertz CT molecular complexity index is 490. The van der Waals surface area contributed by atoms with Crippen molar-refractivity contribution in [2.45, 2.75) is 51.6 Å². The van der Waals surface area contributed by atoms with E-state index in [2.05, 4.69) is 12.2 Å². The summed E-state index contributed by atoms with van der Waals surface area (Å²) in [6, 6.07) is 3.99. The maximum atomic E-state index is 11.7. The zero-order valence-electron chi connectivity index (χ0n) is 13.3. The van der Waals surface area contributed by atoms with Crippen molar-refractivity contribution in [3.05, 3.63) is 23.7 Å². The van der Waals surface area contributed by atoms with Gasteiger partial charge in [0.05, 0.1) is 0 Å². The van der Waals surface area contributed by atoms with Gasteiger partial charge in [-0.05, 0) is 45.2 Å². The maximum absolute atomic E-state index is 11.7. The second-order valence-electron chi connectivity index (χ2n) is 6.88. The molecule has 0 saturated heterocycles. The number of alkyl carbamates (subject to hydrolysis) is 1. The maximum Gasteiger partial charge on any atom is 0.407 e. The monoisotopic (exact) mass is 294 g/mol. The predicted molar refractivity (Wildman–Crippen MR) is 81.3 cm³/mol. The van der Waals surface area contributed by atoms with Gasteiger partial charge in [-0.2, -0.15) is 0 Å². The van der Waals surface area contributed by atoms with E-state index < -0.39 is 11.7 Å². The summed E-state index contributed by atoms with van der Waals surface area (Å²) in [5.41, 5.74) is 5.30. The Morgan fingerprint density at radius 3 is 2.71 bits per heavy atom. The molecule has 0 aliphatic heterocycles. The molecule has 5 heteroatoms. The van der Waals surface area contributed by atoms with Crippen LogP contribution in [0.2, 0.25) is 0 Å². The van der Waals surface area contributed by atoms with Gasteiger partial charge < -0.3 is 20.2 Å². The first-order chi connectivity index (χ1) is 9.80. The van der Waals surface area contributed by atoms with Crippen LogP contribution in [0.1, 0.15) is 57.5 Å². The molecule has 118 valence electrons. The number of hydrogen-bond acceptors (Lipinski definition) is 4. The summed E-state index contributed by atoms with van der Waals surface area (Å²) in [5, 5.41) is 2.75. The SMILES string of the molecule is CC1CC1c1ccc(C(CN)CNC(=O)OC(C)(C)C)o1. The van der Waals surface area contributed by atoms with Gasteiger partial charge in [-0.3, -0.25) is 0 Å². The fraction of sp³-hybridized carbons (Fsp3) is 0.688.